The van der Waals surface area contributed by atoms with Crippen LogP contribution in [0, 0.1) is 23.7 Å². The van der Waals surface area contributed by atoms with Crippen LogP contribution >= 0.6 is 0 Å². The number of halogens is 2. The van der Waals surface area contributed by atoms with Gasteiger partial charge in [-0.2, -0.15) is 8.78 Å². The summed E-state index contributed by atoms with van der Waals surface area (Å²) in [5, 5.41) is 0. The van der Waals surface area contributed by atoms with Gasteiger partial charge in [0.2, 0.25) is 0 Å². The van der Waals surface area contributed by atoms with Gasteiger partial charge < -0.3 is 9.47 Å². The quantitative estimate of drug-likeness (QED) is 0.564. The summed E-state index contributed by atoms with van der Waals surface area (Å²) in [6.07, 6.45) is 14.5. The molecular weight excluding hydrogens is 322 g/mol. The minimum Gasteiger partial charge on any atom is -0.378 e. The first kappa shape index (κ1) is 19.5. The second kappa shape index (κ2) is 9.64. The Balaban J connectivity index is 1.35. The molecule has 1 heterocycles. The van der Waals surface area contributed by atoms with Gasteiger partial charge in [-0.3, -0.25) is 0 Å². The Morgan fingerprint density at radius 2 is 1.44 bits per heavy atom. The average Bonchev–Trinajstić information content (AvgIpc) is 2.63. The third kappa shape index (κ3) is 5.63. The van der Waals surface area contributed by atoms with Crippen molar-refractivity contribution in [1.29, 1.82) is 0 Å². The summed E-state index contributed by atoms with van der Waals surface area (Å²) in [6, 6.07) is 0. The maximum absolute atomic E-state index is 12.3. The van der Waals surface area contributed by atoms with E-state index in [0.29, 0.717) is 6.10 Å². The van der Waals surface area contributed by atoms with Crippen LogP contribution in [0.5, 0.6) is 0 Å². The van der Waals surface area contributed by atoms with E-state index < -0.39 is 6.61 Å². The van der Waals surface area contributed by atoms with Crippen molar-refractivity contribution in [3.8, 4) is 0 Å². The van der Waals surface area contributed by atoms with E-state index in [1.165, 1.54) is 51.4 Å². The summed E-state index contributed by atoms with van der Waals surface area (Å²) in [6.45, 7) is 0.636. The molecule has 1 saturated heterocycles. The van der Waals surface area contributed by atoms with Crippen molar-refractivity contribution in [3.05, 3.63) is 0 Å². The van der Waals surface area contributed by atoms with Crippen LogP contribution in [-0.2, 0) is 9.47 Å². The summed E-state index contributed by atoms with van der Waals surface area (Å²) >= 11 is 0. The van der Waals surface area contributed by atoms with Crippen LogP contribution in [0.15, 0.2) is 0 Å². The van der Waals surface area contributed by atoms with Gasteiger partial charge >= 0.3 is 6.61 Å². The molecule has 146 valence electrons. The van der Waals surface area contributed by atoms with Crippen LogP contribution in [0.25, 0.3) is 0 Å². The van der Waals surface area contributed by atoms with Crippen molar-refractivity contribution in [2.75, 3.05) is 6.61 Å². The predicted octanol–water partition coefficient (Wildman–Crippen LogP) is 6.19. The highest BCUT2D eigenvalue weighted by Crippen LogP contribution is 2.43. The van der Waals surface area contributed by atoms with Gasteiger partial charge in [-0.1, -0.05) is 13.3 Å². The van der Waals surface area contributed by atoms with Crippen LogP contribution in [0.1, 0.15) is 84.0 Å². The largest absolute Gasteiger partial charge is 0.378 e. The standard InChI is InChI=1S/C21H36F2O2/c1-2-3-15-4-13-20(24-14-15)18-7-5-16(6-8-18)17-9-11-19(12-10-17)25-21(22)23/h15-21H,2-14H2,1H3. The molecule has 0 N–H and O–H groups in total. The first-order valence-electron chi connectivity index (χ1n) is 10.7. The smallest absolute Gasteiger partial charge is 0.345 e. The van der Waals surface area contributed by atoms with E-state index in [1.54, 1.807) is 0 Å². The fourth-order valence-electron chi connectivity index (χ4n) is 5.66. The maximum Gasteiger partial charge on any atom is 0.345 e. The molecule has 2 unspecified atom stereocenters. The van der Waals surface area contributed by atoms with Crippen LogP contribution in [-0.4, -0.2) is 25.4 Å². The Bertz CT molecular complexity index is 366. The molecule has 3 fully saturated rings. The molecule has 3 rings (SSSR count). The van der Waals surface area contributed by atoms with Gasteiger partial charge in [-0.25, -0.2) is 0 Å². The van der Waals surface area contributed by atoms with Crippen LogP contribution in [0.4, 0.5) is 8.78 Å². The Labute approximate surface area is 152 Å². The third-order valence-corrected chi connectivity index (χ3v) is 7.13. The van der Waals surface area contributed by atoms with Gasteiger partial charge in [0, 0.05) is 6.61 Å². The zero-order chi connectivity index (χ0) is 17.6. The van der Waals surface area contributed by atoms with Gasteiger partial charge in [0.1, 0.15) is 0 Å². The fourth-order valence-corrected chi connectivity index (χ4v) is 5.66. The van der Waals surface area contributed by atoms with E-state index in [4.69, 9.17) is 9.47 Å². The molecule has 2 atom stereocenters. The summed E-state index contributed by atoms with van der Waals surface area (Å²) in [4.78, 5) is 0. The highest BCUT2D eigenvalue weighted by atomic mass is 19.3. The van der Waals surface area contributed by atoms with E-state index in [0.717, 1.165) is 56.0 Å². The minimum atomic E-state index is -2.61. The Kier molecular flexibility index (Phi) is 7.53. The number of hydrogen-bond donors (Lipinski definition) is 0. The molecule has 2 aliphatic carbocycles. The summed E-state index contributed by atoms with van der Waals surface area (Å²) in [5.74, 6) is 3.10. The minimum absolute atomic E-state index is 0.209. The van der Waals surface area contributed by atoms with Gasteiger partial charge in [0.25, 0.3) is 0 Å². The maximum atomic E-state index is 12.3. The number of hydrogen-bond acceptors (Lipinski definition) is 2. The van der Waals surface area contributed by atoms with Crippen molar-refractivity contribution in [1.82, 2.24) is 0 Å². The van der Waals surface area contributed by atoms with Crippen LogP contribution in [0.2, 0.25) is 0 Å². The third-order valence-electron chi connectivity index (χ3n) is 7.13. The monoisotopic (exact) mass is 358 g/mol. The summed E-state index contributed by atoms with van der Waals surface area (Å²) < 4.78 is 35.6. The van der Waals surface area contributed by atoms with E-state index in [-0.39, 0.29) is 6.10 Å². The normalized spacial score (nSPS) is 40.3. The molecule has 25 heavy (non-hydrogen) atoms. The zero-order valence-corrected chi connectivity index (χ0v) is 15.8. The first-order chi connectivity index (χ1) is 12.2. The van der Waals surface area contributed by atoms with Crippen LogP contribution in [0.3, 0.4) is 0 Å². The average molecular weight is 359 g/mol. The number of rotatable bonds is 6. The number of alkyl halides is 2. The Hall–Kier alpha value is -0.220. The van der Waals surface area contributed by atoms with Crippen molar-refractivity contribution < 1.29 is 18.3 Å². The van der Waals surface area contributed by atoms with Crippen molar-refractivity contribution >= 4 is 0 Å². The second-order valence-electron chi connectivity index (χ2n) is 8.71. The number of ether oxygens (including phenoxy) is 2. The molecule has 0 bridgehead atoms. The van der Waals surface area contributed by atoms with E-state index in [2.05, 4.69) is 6.92 Å². The lowest BCUT2D eigenvalue weighted by molar-refractivity contribution is -0.172. The molecule has 2 nitrogen and oxygen atoms in total. The fraction of sp³-hybridized carbons (Fsp3) is 1.00. The van der Waals surface area contributed by atoms with Gasteiger partial charge in [-0.05, 0) is 94.3 Å². The van der Waals surface area contributed by atoms with Crippen molar-refractivity contribution in [2.45, 2.75) is 103 Å². The molecular formula is C21H36F2O2. The SMILES string of the molecule is CCCC1CCC(C2CCC(C3CCC(OC(F)F)CC3)CC2)OC1. The molecule has 0 amide bonds. The lowest BCUT2D eigenvalue weighted by Gasteiger charge is -2.41. The first-order valence-corrected chi connectivity index (χ1v) is 10.7. The molecule has 2 saturated carbocycles. The van der Waals surface area contributed by atoms with E-state index in [9.17, 15) is 8.78 Å². The van der Waals surface area contributed by atoms with E-state index in [1.807, 2.05) is 0 Å². The molecule has 0 aromatic heterocycles. The second-order valence-corrected chi connectivity index (χ2v) is 8.71. The van der Waals surface area contributed by atoms with Crippen molar-refractivity contribution in [2.24, 2.45) is 23.7 Å². The van der Waals surface area contributed by atoms with Gasteiger partial charge in [0.05, 0.1) is 12.2 Å². The highest BCUT2D eigenvalue weighted by molar-refractivity contribution is 4.86. The molecule has 1 aliphatic heterocycles. The summed E-state index contributed by atoms with van der Waals surface area (Å²) in [5.41, 5.74) is 0. The summed E-state index contributed by atoms with van der Waals surface area (Å²) in [7, 11) is 0. The van der Waals surface area contributed by atoms with Gasteiger partial charge in [0.15, 0.2) is 0 Å². The Morgan fingerprint density at radius 1 is 0.840 bits per heavy atom. The molecule has 0 aromatic rings. The van der Waals surface area contributed by atoms with E-state index >= 15 is 0 Å². The molecule has 0 radical (unpaired) electrons. The van der Waals surface area contributed by atoms with Crippen molar-refractivity contribution in [3.63, 3.8) is 0 Å². The van der Waals surface area contributed by atoms with Gasteiger partial charge in [-0.15, -0.1) is 0 Å². The highest BCUT2D eigenvalue weighted by Gasteiger charge is 2.35. The molecule has 0 spiro atoms. The molecule has 0 aromatic carbocycles. The zero-order valence-electron chi connectivity index (χ0n) is 15.8. The lowest BCUT2D eigenvalue weighted by atomic mass is 9.69. The Morgan fingerprint density at radius 3 is 1.96 bits per heavy atom. The molecule has 3 aliphatic rings. The lowest BCUT2D eigenvalue weighted by Crippen LogP contribution is -2.36. The molecule has 4 heteroatoms. The topological polar surface area (TPSA) is 18.5 Å². The van der Waals surface area contributed by atoms with Crippen LogP contribution < -0.4 is 0 Å². The predicted molar refractivity (Wildman–Crippen MR) is 95.7 cm³/mol.